The number of fused-ring (bicyclic) bond motifs is 1. The quantitative estimate of drug-likeness (QED) is 0.347. The van der Waals surface area contributed by atoms with Crippen molar-refractivity contribution in [3.05, 3.63) is 92.4 Å². The summed E-state index contributed by atoms with van der Waals surface area (Å²) in [5.41, 5.74) is 2.49. The Morgan fingerprint density at radius 1 is 1.21 bits per heavy atom. The number of hydrogen-bond acceptors (Lipinski definition) is 7. The van der Waals surface area contributed by atoms with Gasteiger partial charge in [0.1, 0.15) is 29.0 Å². The maximum atomic E-state index is 12.5. The predicted molar refractivity (Wildman–Crippen MR) is 126 cm³/mol. The van der Waals surface area contributed by atoms with E-state index in [0.717, 1.165) is 10.6 Å². The van der Waals surface area contributed by atoms with Crippen LogP contribution in [0.4, 0.5) is 5.69 Å². The largest absolute Gasteiger partial charge is 0.487 e. The summed E-state index contributed by atoms with van der Waals surface area (Å²) in [4.78, 5) is 29.5. The van der Waals surface area contributed by atoms with Crippen molar-refractivity contribution in [1.82, 2.24) is 14.6 Å². The molecule has 0 aliphatic heterocycles. The van der Waals surface area contributed by atoms with E-state index in [4.69, 9.17) is 4.74 Å². The normalized spacial score (nSPS) is 11.2. The number of carbonyl (C=O) groups excluding carboxylic acids is 1. The van der Waals surface area contributed by atoms with Gasteiger partial charge < -0.3 is 10.1 Å². The average molecular weight is 458 g/mol. The molecule has 33 heavy (non-hydrogen) atoms. The van der Waals surface area contributed by atoms with E-state index in [1.54, 1.807) is 30.3 Å². The van der Waals surface area contributed by atoms with E-state index < -0.39 is 5.91 Å². The third kappa shape index (κ3) is 5.14. The van der Waals surface area contributed by atoms with Gasteiger partial charge >= 0.3 is 0 Å². The van der Waals surface area contributed by atoms with E-state index in [1.807, 2.05) is 38.1 Å². The molecule has 0 bridgehead atoms. The fourth-order valence-corrected chi connectivity index (χ4v) is 3.83. The first-order valence-electron chi connectivity index (χ1n) is 10.0. The van der Waals surface area contributed by atoms with Gasteiger partial charge in [-0.3, -0.25) is 9.59 Å². The smallest absolute Gasteiger partial charge is 0.275 e. The van der Waals surface area contributed by atoms with Crippen LogP contribution in [0.2, 0.25) is 0 Å². The number of aromatic nitrogens is 3. The third-order valence-corrected chi connectivity index (χ3v) is 5.56. The number of nitrogens with zero attached hydrogens (tertiary/aromatic N) is 4. The highest BCUT2D eigenvalue weighted by atomic mass is 32.1. The van der Waals surface area contributed by atoms with E-state index in [1.165, 1.54) is 28.0 Å². The van der Waals surface area contributed by atoms with E-state index in [2.05, 4.69) is 15.4 Å². The van der Waals surface area contributed by atoms with Crippen molar-refractivity contribution in [2.24, 2.45) is 0 Å². The van der Waals surface area contributed by atoms with Crippen molar-refractivity contribution in [3.63, 3.8) is 0 Å². The molecule has 4 aromatic rings. The van der Waals surface area contributed by atoms with Crippen molar-refractivity contribution >= 4 is 34.0 Å². The number of rotatable bonds is 6. The summed E-state index contributed by atoms with van der Waals surface area (Å²) in [5, 5.41) is 17.1. The molecule has 0 fully saturated rings. The molecule has 9 heteroatoms. The Kier molecular flexibility index (Phi) is 6.29. The van der Waals surface area contributed by atoms with Crippen LogP contribution < -0.4 is 15.6 Å². The van der Waals surface area contributed by atoms with E-state index in [-0.39, 0.29) is 17.7 Å². The summed E-state index contributed by atoms with van der Waals surface area (Å²) in [6, 6.07) is 17.6. The van der Waals surface area contributed by atoms with Crippen LogP contribution in [0, 0.1) is 25.2 Å². The second-order valence-electron chi connectivity index (χ2n) is 7.20. The highest BCUT2D eigenvalue weighted by Crippen LogP contribution is 2.18. The summed E-state index contributed by atoms with van der Waals surface area (Å²) < 4.78 is 7.01. The Labute approximate surface area is 193 Å². The molecule has 4 rings (SSSR count). The lowest BCUT2D eigenvalue weighted by Gasteiger charge is -2.08. The maximum absolute atomic E-state index is 12.5. The molecule has 0 unspecified atom stereocenters. The molecule has 1 N–H and O–H groups in total. The Balaban J connectivity index is 1.43. The van der Waals surface area contributed by atoms with Crippen LogP contribution in [-0.2, 0) is 11.4 Å². The molecule has 0 aliphatic carbocycles. The monoisotopic (exact) mass is 457 g/mol. The van der Waals surface area contributed by atoms with Crippen LogP contribution in [0.5, 0.6) is 5.75 Å². The highest BCUT2D eigenvalue weighted by Gasteiger charge is 2.11. The zero-order valence-corrected chi connectivity index (χ0v) is 18.7. The average Bonchev–Trinajstić information content (AvgIpc) is 3.19. The number of benzene rings is 2. The number of amides is 1. The number of hydrogen-bond donors (Lipinski definition) is 1. The molecule has 0 spiro atoms. The second-order valence-corrected chi connectivity index (χ2v) is 8.36. The lowest BCUT2D eigenvalue weighted by molar-refractivity contribution is -0.112. The van der Waals surface area contributed by atoms with Gasteiger partial charge in [-0.05, 0) is 49.2 Å². The van der Waals surface area contributed by atoms with E-state index in [9.17, 15) is 14.9 Å². The summed E-state index contributed by atoms with van der Waals surface area (Å²) >= 11 is 1.33. The predicted octanol–water partition coefficient (Wildman–Crippen LogP) is 3.89. The number of para-hydroxylation sites is 1. The van der Waals surface area contributed by atoms with Gasteiger partial charge in [0.25, 0.3) is 11.5 Å². The number of nitrogens with one attached hydrogen (secondary N) is 1. The van der Waals surface area contributed by atoms with Crippen LogP contribution in [0.3, 0.4) is 0 Å². The number of carbonyl (C=O) groups is 1. The van der Waals surface area contributed by atoms with Gasteiger partial charge in [-0.25, -0.2) is 4.98 Å². The summed E-state index contributed by atoms with van der Waals surface area (Å²) in [7, 11) is 0. The van der Waals surface area contributed by atoms with Gasteiger partial charge in [-0.1, -0.05) is 41.7 Å². The zero-order valence-electron chi connectivity index (χ0n) is 17.9. The van der Waals surface area contributed by atoms with Crippen LogP contribution in [0.1, 0.15) is 21.8 Å². The van der Waals surface area contributed by atoms with Gasteiger partial charge in [0.05, 0.1) is 5.69 Å². The van der Waals surface area contributed by atoms with Crippen molar-refractivity contribution in [1.29, 1.82) is 5.26 Å². The molecule has 2 aromatic heterocycles. The number of anilines is 1. The molecular formula is C24H19N5O3S. The van der Waals surface area contributed by atoms with Crippen LogP contribution in [0.15, 0.2) is 65.0 Å². The molecule has 0 saturated heterocycles. The van der Waals surface area contributed by atoms with Gasteiger partial charge in [0, 0.05) is 11.8 Å². The van der Waals surface area contributed by atoms with Crippen molar-refractivity contribution < 1.29 is 9.53 Å². The summed E-state index contributed by atoms with van der Waals surface area (Å²) in [6.45, 7) is 3.82. The number of aryl methyl sites for hydroxylation is 2. The fourth-order valence-electron chi connectivity index (χ4n) is 3.06. The molecule has 0 atom stereocenters. The molecule has 0 radical (unpaired) electrons. The Morgan fingerprint density at radius 2 is 1.97 bits per heavy atom. The van der Waals surface area contributed by atoms with Gasteiger partial charge in [-0.15, -0.1) is 0 Å². The molecule has 8 nitrogen and oxygen atoms in total. The van der Waals surface area contributed by atoms with Crippen molar-refractivity contribution in [2.75, 3.05) is 5.32 Å². The van der Waals surface area contributed by atoms with Gasteiger partial charge in [0.15, 0.2) is 0 Å². The molecule has 164 valence electrons. The highest BCUT2D eigenvalue weighted by molar-refractivity contribution is 7.16. The SMILES string of the molecule is Cc1nn2c(=O)cc(COc3ccc(C=C(C#N)C(=O)Nc4ccccc4C)cc3)nc2s1. The summed E-state index contributed by atoms with van der Waals surface area (Å²) in [5.74, 6) is 0.0932. The molecular weight excluding hydrogens is 438 g/mol. The molecule has 0 aliphatic rings. The first-order chi connectivity index (χ1) is 15.9. The van der Waals surface area contributed by atoms with Crippen LogP contribution >= 0.6 is 11.3 Å². The van der Waals surface area contributed by atoms with E-state index >= 15 is 0 Å². The number of ether oxygens (including phenoxy) is 1. The standard InChI is InChI=1S/C24H19N5O3S/c1-15-5-3-4-6-21(15)27-23(31)18(13-25)11-17-7-9-20(10-8-17)32-14-19-12-22(30)29-24(26-19)33-16(2)28-29/h3-12H,14H2,1-2H3,(H,27,31). The Bertz CT molecular complexity index is 1460. The first kappa shape index (κ1) is 21.9. The first-order valence-corrected chi connectivity index (χ1v) is 10.8. The van der Waals surface area contributed by atoms with Crippen molar-refractivity contribution in [2.45, 2.75) is 20.5 Å². The Hall–Kier alpha value is -4.29. The van der Waals surface area contributed by atoms with Crippen LogP contribution in [0.25, 0.3) is 11.0 Å². The van der Waals surface area contributed by atoms with Crippen LogP contribution in [-0.4, -0.2) is 20.5 Å². The molecule has 1 amide bonds. The van der Waals surface area contributed by atoms with Crippen molar-refractivity contribution in [3.8, 4) is 11.8 Å². The lowest BCUT2D eigenvalue weighted by Crippen LogP contribution is -2.16. The zero-order chi connectivity index (χ0) is 23.4. The molecule has 2 heterocycles. The minimum atomic E-state index is -0.474. The Morgan fingerprint density at radius 3 is 2.70 bits per heavy atom. The van der Waals surface area contributed by atoms with Gasteiger partial charge in [0.2, 0.25) is 4.96 Å². The second kappa shape index (κ2) is 9.46. The molecule has 0 saturated carbocycles. The topological polar surface area (TPSA) is 109 Å². The third-order valence-electron chi connectivity index (χ3n) is 4.74. The lowest BCUT2D eigenvalue weighted by atomic mass is 10.1. The minimum Gasteiger partial charge on any atom is -0.487 e. The number of nitriles is 1. The molecule has 2 aromatic carbocycles. The minimum absolute atomic E-state index is 0.00949. The maximum Gasteiger partial charge on any atom is 0.275 e. The summed E-state index contributed by atoms with van der Waals surface area (Å²) in [6.07, 6.45) is 1.51. The van der Waals surface area contributed by atoms with E-state index in [0.29, 0.717) is 27.7 Å². The fraction of sp³-hybridized carbons (Fsp3) is 0.125. The van der Waals surface area contributed by atoms with Gasteiger partial charge in [-0.2, -0.15) is 14.9 Å².